The third-order valence-corrected chi connectivity index (χ3v) is 3.65. The molecule has 1 heterocycles. The summed E-state index contributed by atoms with van der Waals surface area (Å²) >= 11 is 0. The van der Waals surface area contributed by atoms with Gasteiger partial charge in [-0.1, -0.05) is 18.2 Å². The Morgan fingerprint density at radius 2 is 2.00 bits per heavy atom. The number of nitrogens with two attached hydrogens (primary N) is 1. The maximum absolute atomic E-state index is 11.5. The summed E-state index contributed by atoms with van der Waals surface area (Å²) in [6.45, 7) is 0.434. The third kappa shape index (κ3) is 3.46. The molecule has 0 saturated heterocycles. The first-order valence-electron chi connectivity index (χ1n) is 5.85. The largest absolute Gasteiger partial charge is 0.481 e. The standard InChI is InChI=1S/C13H15N3O3S/c1-19-13-7-6-10(9-16-13)8-15-11-4-2-3-5-12(11)20(14,17)18/h2-7,9,15H,8H2,1H3,(H2,14,17,18). The highest BCUT2D eigenvalue weighted by Gasteiger charge is 2.12. The van der Waals surface area contributed by atoms with Crippen LogP contribution in [0.1, 0.15) is 5.56 Å². The van der Waals surface area contributed by atoms with Crippen LogP contribution >= 0.6 is 0 Å². The van der Waals surface area contributed by atoms with Crippen molar-refractivity contribution in [2.24, 2.45) is 5.14 Å². The predicted octanol–water partition coefficient (Wildman–Crippen LogP) is 1.35. The van der Waals surface area contributed by atoms with Crippen molar-refractivity contribution in [1.29, 1.82) is 0 Å². The van der Waals surface area contributed by atoms with Gasteiger partial charge in [-0.05, 0) is 17.7 Å². The second kappa shape index (κ2) is 5.89. The Labute approximate surface area is 117 Å². The molecule has 0 radical (unpaired) electrons. The molecule has 0 saturated carbocycles. The number of primary sulfonamides is 1. The first-order chi connectivity index (χ1) is 9.50. The van der Waals surface area contributed by atoms with Crippen molar-refractivity contribution in [2.75, 3.05) is 12.4 Å². The minimum absolute atomic E-state index is 0.0708. The Bertz CT molecular complexity index is 684. The van der Waals surface area contributed by atoms with Gasteiger partial charge in [-0.25, -0.2) is 18.5 Å². The molecule has 2 aromatic rings. The minimum Gasteiger partial charge on any atom is -0.481 e. The maximum Gasteiger partial charge on any atom is 0.240 e. The van der Waals surface area contributed by atoms with Gasteiger partial charge in [-0.15, -0.1) is 0 Å². The zero-order chi connectivity index (χ0) is 14.6. The number of benzene rings is 1. The van der Waals surface area contributed by atoms with Crippen LogP contribution in [-0.2, 0) is 16.6 Å². The van der Waals surface area contributed by atoms with E-state index in [2.05, 4.69) is 10.3 Å². The van der Waals surface area contributed by atoms with Gasteiger partial charge in [-0.2, -0.15) is 0 Å². The number of sulfonamides is 1. The molecular weight excluding hydrogens is 278 g/mol. The predicted molar refractivity (Wildman–Crippen MR) is 75.9 cm³/mol. The van der Waals surface area contributed by atoms with Gasteiger partial charge in [0.1, 0.15) is 4.90 Å². The monoisotopic (exact) mass is 293 g/mol. The molecule has 0 aliphatic carbocycles. The molecule has 0 fully saturated rings. The van der Waals surface area contributed by atoms with Crippen molar-refractivity contribution < 1.29 is 13.2 Å². The van der Waals surface area contributed by atoms with Crippen molar-refractivity contribution in [1.82, 2.24) is 4.98 Å². The van der Waals surface area contributed by atoms with Crippen LogP contribution in [0.5, 0.6) is 5.88 Å². The van der Waals surface area contributed by atoms with Crippen LogP contribution in [0.4, 0.5) is 5.69 Å². The first kappa shape index (κ1) is 14.3. The number of nitrogens with zero attached hydrogens (tertiary/aromatic N) is 1. The van der Waals surface area contributed by atoms with Crippen molar-refractivity contribution in [3.05, 3.63) is 48.2 Å². The summed E-state index contributed by atoms with van der Waals surface area (Å²) in [5.41, 5.74) is 1.36. The summed E-state index contributed by atoms with van der Waals surface area (Å²) < 4.78 is 27.9. The molecule has 1 aromatic carbocycles. The van der Waals surface area contributed by atoms with E-state index in [1.54, 1.807) is 37.6 Å². The fourth-order valence-corrected chi connectivity index (χ4v) is 2.41. The van der Waals surface area contributed by atoms with E-state index in [9.17, 15) is 8.42 Å². The topological polar surface area (TPSA) is 94.3 Å². The van der Waals surface area contributed by atoms with Crippen molar-refractivity contribution in [3.63, 3.8) is 0 Å². The Morgan fingerprint density at radius 3 is 2.60 bits per heavy atom. The molecule has 1 aromatic heterocycles. The summed E-state index contributed by atoms with van der Waals surface area (Å²) in [7, 11) is -2.20. The normalized spacial score (nSPS) is 11.1. The SMILES string of the molecule is COc1ccc(CNc2ccccc2S(N)(=O)=O)cn1. The van der Waals surface area contributed by atoms with Crippen LogP contribution in [0.2, 0.25) is 0 Å². The molecule has 20 heavy (non-hydrogen) atoms. The molecule has 3 N–H and O–H groups in total. The molecule has 0 atom stereocenters. The number of aromatic nitrogens is 1. The fraction of sp³-hybridized carbons (Fsp3) is 0.154. The Hall–Kier alpha value is -2.12. The number of methoxy groups -OCH3 is 1. The van der Waals surface area contributed by atoms with Gasteiger partial charge in [0.2, 0.25) is 15.9 Å². The second-order valence-electron chi connectivity index (χ2n) is 4.10. The summed E-state index contributed by atoms with van der Waals surface area (Å²) in [5, 5.41) is 8.20. The van der Waals surface area contributed by atoms with Crippen LogP contribution in [0.25, 0.3) is 0 Å². The van der Waals surface area contributed by atoms with Crippen LogP contribution in [-0.4, -0.2) is 20.5 Å². The van der Waals surface area contributed by atoms with Gasteiger partial charge in [0.15, 0.2) is 0 Å². The third-order valence-electron chi connectivity index (χ3n) is 2.68. The van der Waals surface area contributed by atoms with E-state index in [1.165, 1.54) is 6.07 Å². The highest BCUT2D eigenvalue weighted by atomic mass is 32.2. The lowest BCUT2D eigenvalue weighted by atomic mass is 10.2. The Morgan fingerprint density at radius 1 is 1.25 bits per heavy atom. The van der Waals surface area contributed by atoms with E-state index in [1.807, 2.05) is 6.07 Å². The van der Waals surface area contributed by atoms with Gasteiger partial charge in [0, 0.05) is 18.8 Å². The molecular formula is C13H15N3O3S. The zero-order valence-electron chi connectivity index (χ0n) is 10.9. The molecule has 0 amide bonds. The van der Waals surface area contributed by atoms with Gasteiger partial charge >= 0.3 is 0 Å². The van der Waals surface area contributed by atoms with E-state index >= 15 is 0 Å². The van der Waals surface area contributed by atoms with Gasteiger partial charge in [-0.3, -0.25) is 0 Å². The lowest BCUT2D eigenvalue weighted by molar-refractivity contribution is 0.397. The average molecular weight is 293 g/mol. The summed E-state index contributed by atoms with van der Waals surface area (Å²) in [6, 6.07) is 10.1. The number of nitrogens with one attached hydrogen (secondary N) is 1. The quantitative estimate of drug-likeness (QED) is 0.867. The first-order valence-corrected chi connectivity index (χ1v) is 7.40. The van der Waals surface area contributed by atoms with E-state index in [-0.39, 0.29) is 4.90 Å². The number of anilines is 1. The number of rotatable bonds is 5. The Balaban J connectivity index is 2.15. The van der Waals surface area contributed by atoms with Crippen LogP contribution in [0, 0.1) is 0 Å². The van der Waals surface area contributed by atoms with Gasteiger partial charge in [0.25, 0.3) is 0 Å². The number of hydrogen-bond donors (Lipinski definition) is 2. The minimum atomic E-state index is -3.75. The maximum atomic E-state index is 11.5. The molecule has 2 rings (SSSR count). The smallest absolute Gasteiger partial charge is 0.240 e. The number of pyridine rings is 1. The lowest BCUT2D eigenvalue weighted by Gasteiger charge is -2.10. The molecule has 0 spiro atoms. The van der Waals surface area contributed by atoms with E-state index in [0.717, 1.165) is 5.56 Å². The van der Waals surface area contributed by atoms with Crippen molar-refractivity contribution >= 4 is 15.7 Å². The van der Waals surface area contributed by atoms with Crippen LogP contribution < -0.4 is 15.2 Å². The molecule has 0 aliphatic heterocycles. The molecule has 6 nitrogen and oxygen atoms in total. The lowest BCUT2D eigenvalue weighted by Crippen LogP contribution is -2.15. The summed E-state index contributed by atoms with van der Waals surface area (Å²) in [4.78, 5) is 4.15. The number of para-hydroxylation sites is 1. The average Bonchev–Trinajstić information content (AvgIpc) is 2.45. The number of ether oxygens (including phenoxy) is 1. The molecule has 106 valence electrons. The van der Waals surface area contributed by atoms with Crippen molar-refractivity contribution in [3.8, 4) is 5.88 Å². The molecule has 0 unspecified atom stereocenters. The van der Waals surface area contributed by atoms with Crippen molar-refractivity contribution in [2.45, 2.75) is 11.4 Å². The summed E-state index contributed by atoms with van der Waals surface area (Å²) in [6.07, 6.45) is 1.66. The highest BCUT2D eigenvalue weighted by Crippen LogP contribution is 2.20. The molecule has 0 aliphatic rings. The fourth-order valence-electron chi connectivity index (χ4n) is 1.69. The number of hydrogen-bond acceptors (Lipinski definition) is 5. The van der Waals surface area contributed by atoms with Crippen LogP contribution in [0.15, 0.2) is 47.5 Å². The van der Waals surface area contributed by atoms with Gasteiger partial charge < -0.3 is 10.1 Å². The van der Waals surface area contributed by atoms with Crippen LogP contribution in [0.3, 0.4) is 0 Å². The van der Waals surface area contributed by atoms with E-state index in [4.69, 9.17) is 9.88 Å². The van der Waals surface area contributed by atoms with Gasteiger partial charge in [0.05, 0.1) is 12.8 Å². The second-order valence-corrected chi connectivity index (χ2v) is 5.63. The highest BCUT2D eigenvalue weighted by molar-refractivity contribution is 7.89. The molecule has 7 heteroatoms. The Kier molecular flexibility index (Phi) is 4.21. The zero-order valence-corrected chi connectivity index (χ0v) is 11.7. The summed E-state index contributed by atoms with van der Waals surface area (Å²) in [5.74, 6) is 0.527. The molecule has 0 bridgehead atoms. The van der Waals surface area contributed by atoms with E-state index in [0.29, 0.717) is 18.1 Å². The van der Waals surface area contributed by atoms with E-state index < -0.39 is 10.0 Å².